The van der Waals surface area contributed by atoms with Crippen LogP contribution in [-0.4, -0.2) is 27.3 Å². The Hall–Kier alpha value is -1.24. The van der Waals surface area contributed by atoms with E-state index in [0.29, 0.717) is 6.04 Å². The van der Waals surface area contributed by atoms with Gasteiger partial charge in [-0.25, -0.2) is 4.68 Å². The molecule has 2 aromatic rings. The maximum atomic E-state index is 5.49. The molecular weight excluding hydrogens is 324 g/mol. The molecule has 23 heavy (non-hydrogen) atoms. The van der Waals surface area contributed by atoms with Crippen molar-refractivity contribution >= 4 is 28.7 Å². The van der Waals surface area contributed by atoms with Crippen molar-refractivity contribution in [2.24, 2.45) is 0 Å². The summed E-state index contributed by atoms with van der Waals surface area (Å²) < 4.78 is 2.74. The van der Waals surface area contributed by atoms with Crippen LogP contribution < -0.4 is 5.32 Å². The molecule has 0 bridgehead atoms. The molecule has 1 N–H and O–H groups in total. The Bertz CT molecular complexity index is 742. The van der Waals surface area contributed by atoms with Crippen molar-refractivity contribution in [3.05, 3.63) is 39.3 Å². The lowest BCUT2D eigenvalue weighted by Crippen LogP contribution is -2.28. The number of nitrogens with one attached hydrogen (secondary N) is 1. The molecule has 1 aliphatic carbocycles. The number of aromatic nitrogens is 2. The summed E-state index contributed by atoms with van der Waals surface area (Å²) in [7, 11) is 2.16. The molecule has 1 aromatic carbocycles. The molecule has 3 rings (SSSR count). The van der Waals surface area contributed by atoms with Gasteiger partial charge in [-0.3, -0.25) is 4.90 Å². The highest BCUT2D eigenvalue weighted by molar-refractivity contribution is 7.73. The number of aryl methyl sites for hydroxylation is 1. The molecule has 1 aliphatic rings. The fourth-order valence-electron chi connectivity index (χ4n) is 3.07. The fraction of sp³-hybridized carbons (Fsp3) is 0.529. The molecule has 0 radical (unpaired) electrons. The second kappa shape index (κ2) is 6.34. The summed E-state index contributed by atoms with van der Waals surface area (Å²) in [4.78, 5) is 2.35. The molecule has 0 amide bonds. The molecule has 124 valence electrons. The first kappa shape index (κ1) is 16.6. The van der Waals surface area contributed by atoms with Crippen molar-refractivity contribution in [1.82, 2.24) is 14.7 Å². The van der Waals surface area contributed by atoms with Gasteiger partial charge in [-0.1, -0.05) is 35.6 Å². The van der Waals surface area contributed by atoms with E-state index in [9.17, 15) is 0 Å². The summed E-state index contributed by atoms with van der Waals surface area (Å²) in [5.41, 5.74) is 2.92. The van der Waals surface area contributed by atoms with Gasteiger partial charge in [0.2, 0.25) is 5.13 Å². The van der Waals surface area contributed by atoms with Crippen LogP contribution in [0.4, 0.5) is 5.13 Å². The predicted octanol–water partition coefficient (Wildman–Crippen LogP) is 4.46. The number of benzene rings is 1. The highest BCUT2D eigenvalue weighted by Crippen LogP contribution is 2.35. The van der Waals surface area contributed by atoms with E-state index in [4.69, 9.17) is 12.2 Å². The zero-order chi connectivity index (χ0) is 16.6. The molecule has 1 unspecified atom stereocenters. The summed E-state index contributed by atoms with van der Waals surface area (Å²) in [6, 6.07) is 9.20. The Morgan fingerprint density at radius 1 is 1.39 bits per heavy atom. The van der Waals surface area contributed by atoms with Gasteiger partial charge in [0.25, 0.3) is 0 Å². The van der Waals surface area contributed by atoms with E-state index in [1.165, 1.54) is 17.5 Å². The Kier molecular flexibility index (Phi) is 4.58. The van der Waals surface area contributed by atoms with Crippen molar-refractivity contribution in [3.63, 3.8) is 0 Å². The molecule has 0 aliphatic heterocycles. The third-order valence-electron chi connectivity index (χ3n) is 4.08. The Morgan fingerprint density at radius 2 is 2.13 bits per heavy atom. The van der Waals surface area contributed by atoms with Crippen molar-refractivity contribution in [2.45, 2.75) is 51.9 Å². The predicted molar refractivity (Wildman–Crippen MR) is 99.6 cm³/mol. The van der Waals surface area contributed by atoms with E-state index in [-0.39, 0.29) is 5.54 Å². The lowest BCUT2D eigenvalue weighted by molar-refractivity contribution is 0.183. The lowest BCUT2D eigenvalue weighted by atomic mass is 10.1. The molecular formula is C17H24N4S2. The summed E-state index contributed by atoms with van der Waals surface area (Å²) in [5, 5.41) is 8.93. The quantitative estimate of drug-likeness (QED) is 0.827. The molecule has 0 spiro atoms. The first-order valence-electron chi connectivity index (χ1n) is 7.98. The maximum Gasteiger partial charge on any atom is 0.205 e. The van der Waals surface area contributed by atoms with E-state index in [1.54, 1.807) is 11.3 Å². The average molecular weight is 349 g/mol. The van der Waals surface area contributed by atoms with Crippen LogP contribution in [-0.2, 0) is 13.1 Å². The van der Waals surface area contributed by atoms with E-state index in [2.05, 4.69) is 67.4 Å². The molecule has 1 aromatic heterocycles. The molecule has 6 heteroatoms. The first-order chi connectivity index (χ1) is 10.8. The van der Waals surface area contributed by atoms with Crippen LogP contribution >= 0.6 is 23.6 Å². The second-order valence-electron chi connectivity index (χ2n) is 7.20. The van der Waals surface area contributed by atoms with Gasteiger partial charge in [0.15, 0.2) is 3.95 Å². The van der Waals surface area contributed by atoms with Gasteiger partial charge in [0.1, 0.15) is 0 Å². The lowest BCUT2D eigenvalue weighted by Gasteiger charge is -2.25. The topological polar surface area (TPSA) is 33.1 Å². The van der Waals surface area contributed by atoms with Gasteiger partial charge < -0.3 is 5.32 Å². The number of fused-ring (bicyclic) bond motifs is 1. The van der Waals surface area contributed by atoms with Gasteiger partial charge in [-0.2, -0.15) is 0 Å². The molecule has 1 atom stereocenters. The first-order valence-corrected chi connectivity index (χ1v) is 9.20. The van der Waals surface area contributed by atoms with Gasteiger partial charge in [-0.05, 0) is 64.0 Å². The van der Waals surface area contributed by atoms with Crippen LogP contribution in [0.3, 0.4) is 0 Å². The number of hydrogen-bond acceptors (Lipinski definition) is 5. The van der Waals surface area contributed by atoms with Crippen LogP contribution in [0.15, 0.2) is 24.3 Å². The average Bonchev–Trinajstić information content (AvgIpc) is 3.01. The summed E-state index contributed by atoms with van der Waals surface area (Å²) >= 11 is 7.03. The van der Waals surface area contributed by atoms with Crippen LogP contribution in [0.1, 0.15) is 44.4 Å². The molecule has 0 fully saturated rings. The summed E-state index contributed by atoms with van der Waals surface area (Å²) in [6.45, 7) is 7.11. The van der Waals surface area contributed by atoms with Crippen LogP contribution in [0.5, 0.6) is 0 Å². The highest BCUT2D eigenvalue weighted by Gasteiger charge is 2.26. The van der Waals surface area contributed by atoms with Crippen LogP contribution in [0, 0.1) is 3.95 Å². The normalized spacial score (nSPS) is 17.5. The summed E-state index contributed by atoms with van der Waals surface area (Å²) in [6.07, 6.45) is 2.32. The number of rotatable bonds is 4. The monoisotopic (exact) mass is 348 g/mol. The van der Waals surface area contributed by atoms with E-state index in [0.717, 1.165) is 22.2 Å². The highest BCUT2D eigenvalue weighted by atomic mass is 32.1. The van der Waals surface area contributed by atoms with Gasteiger partial charge >= 0.3 is 0 Å². The van der Waals surface area contributed by atoms with Crippen molar-refractivity contribution < 1.29 is 0 Å². The van der Waals surface area contributed by atoms with E-state index >= 15 is 0 Å². The maximum absolute atomic E-state index is 5.49. The molecule has 0 saturated heterocycles. The molecule has 1 heterocycles. The van der Waals surface area contributed by atoms with Gasteiger partial charge in [0.05, 0.1) is 6.67 Å². The number of anilines is 1. The largest absolute Gasteiger partial charge is 0.356 e. The van der Waals surface area contributed by atoms with Crippen molar-refractivity contribution in [3.8, 4) is 0 Å². The standard InChI is InChI=1S/C17H24N4S2/c1-17(2,3)18-15-19-21(16(22)23-15)11-20(4)14-10-9-12-7-5-6-8-13(12)14/h5-8,14H,9-11H2,1-4H3,(H,18,19). The Labute approximate surface area is 147 Å². The zero-order valence-electron chi connectivity index (χ0n) is 14.2. The van der Waals surface area contributed by atoms with Crippen molar-refractivity contribution in [1.29, 1.82) is 0 Å². The summed E-state index contributed by atoms with van der Waals surface area (Å²) in [5.74, 6) is 0. The minimum Gasteiger partial charge on any atom is -0.356 e. The van der Waals surface area contributed by atoms with E-state index in [1.807, 2.05) is 4.68 Å². The molecule has 0 saturated carbocycles. The van der Waals surface area contributed by atoms with Crippen molar-refractivity contribution in [2.75, 3.05) is 12.4 Å². The number of nitrogens with zero attached hydrogens (tertiary/aromatic N) is 3. The smallest absolute Gasteiger partial charge is 0.205 e. The second-order valence-corrected chi connectivity index (χ2v) is 8.82. The van der Waals surface area contributed by atoms with Gasteiger partial charge in [-0.15, -0.1) is 5.10 Å². The minimum absolute atomic E-state index is 0.00620. The third-order valence-corrected chi connectivity index (χ3v) is 5.30. The Balaban J connectivity index is 1.74. The zero-order valence-corrected chi connectivity index (χ0v) is 15.8. The van der Waals surface area contributed by atoms with E-state index < -0.39 is 0 Å². The third kappa shape index (κ3) is 3.82. The number of hydrogen-bond donors (Lipinski definition) is 1. The fourth-order valence-corrected chi connectivity index (χ4v) is 4.27. The Morgan fingerprint density at radius 3 is 2.87 bits per heavy atom. The SMILES string of the molecule is CN(Cn1nc(NC(C)(C)C)sc1=S)C1CCc2ccccc21. The van der Waals surface area contributed by atoms with Crippen LogP contribution in [0.2, 0.25) is 0 Å². The van der Waals surface area contributed by atoms with Crippen LogP contribution in [0.25, 0.3) is 0 Å². The minimum atomic E-state index is -0.00620. The molecule has 4 nitrogen and oxygen atoms in total. The van der Waals surface area contributed by atoms with Gasteiger partial charge in [0, 0.05) is 11.6 Å².